The first-order chi connectivity index (χ1) is 36.4. The number of ether oxygens (including phenoxy) is 1. The zero-order chi connectivity index (χ0) is 55.0. The molecule has 2 N–H and O–H groups in total. The van der Waals surface area contributed by atoms with Crippen molar-refractivity contribution in [2.75, 3.05) is 40.9 Å². The van der Waals surface area contributed by atoms with Gasteiger partial charge in [-0.05, 0) is 122 Å². The average Bonchev–Trinajstić information content (AvgIpc) is 3.37. The van der Waals surface area contributed by atoms with Gasteiger partial charge in [-0.2, -0.15) is 0 Å². The highest BCUT2D eigenvalue weighted by molar-refractivity contribution is 7.47. The molecule has 10 heteroatoms. The summed E-state index contributed by atoms with van der Waals surface area (Å²) in [6.45, 7) is 6.88. The lowest BCUT2D eigenvalue weighted by Crippen LogP contribution is -2.47. The van der Waals surface area contributed by atoms with Crippen LogP contribution in [0.4, 0.5) is 0 Å². The fourth-order valence-electron chi connectivity index (χ4n) is 7.96. The minimum absolute atomic E-state index is 0.0227. The molecule has 0 aliphatic heterocycles. The first kappa shape index (κ1) is 71.7. The summed E-state index contributed by atoms with van der Waals surface area (Å²) in [7, 11) is 1.44. The summed E-state index contributed by atoms with van der Waals surface area (Å²) in [5.74, 6) is -0.585. The summed E-state index contributed by atoms with van der Waals surface area (Å²) in [6.07, 6.45) is 73.7. The molecule has 0 aromatic heterocycles. The molecule has 430 valence electrons. The number of hydrogen-bond donors (Lipinski definition) is 2. The minimum atomic E-state index is -4.47. The van der Waals surface area contributed by atoms with E-state index in [4.69, 9.17) is 13.8 Å². The van der Waals surface area contributed by atoms with Crippen LogP contribution in [-0.2, 0) is 27.9 Å². The number of rotatable bonds is 53. The first-order valence-electron chi connectivity index (χ1n) is 30.2. The first-order valence-corrected chi connectivity index (χ1v) is 31.7. The Hall–Kier alpha value is -3.33. The van der Waals surface area contributed by atoms with E-state index in [0.717, 1.165) is 96.3 Å². The Morgan fingerprint density at radius 3 is 1.24 bits per heavy atom. The van der Waals surface area contributed by atoms with Crippen LogP contribution in [0.15, 0.2) is 109 Å². The topological polar surface area (TPSA) is 111 Å². The highest BCUT2D eigenvalue weighted by Gasteiger charge is 2.30. The number of allylic oxidation sites excluding steroid dienone is 17. The van der Waals surface area contributed by atoms with Gasteiger partial charge in [0.2, 0.25) is 5.91 Å². The number of phosphoric ester groups is 1. The molecule has 0 rings (SSSR count). The molecule has 0 saturated carbocycles. The van der Waals surface area contributed by atoms with Crippen LogP contribution in [0.25, 0.3) is 0 Å². The SMILES string of the molecule is CCCCC/C=C\C/C=C\C/C=C\C/C=C\CCCCCC(=O)NC(COP(=O)(O)OCC[N+](C)(C)C)C(/C=C/CCCCCCCCCCC)OC(=O)CCCCC/C=C\C/C=C\C/C=C\C/C=C\CCCCC. The number of likely N-dealkylation sites (N-methyl/N-ethyl adjacent to an activating group) is 1. The number of carbonyl (C=O) groups is 2. The normalized spacial score (nSPS) is 14.5. The van der Waals surface area contributed by atoms with Crippen molar-refractivity contribution in [2.45, 2.75) is 251 Å². The smallest absolute Gasteiger partial charge is 0.456 e. The molecule has 0 aliphatic rings. The molecular formula is C65H114N2O7P+. The molecule has 3 unspecified atom stereocenters. The van der Waals surface area contributed by atoms with Gasteiger partial charge in [0.25, 0.3) is 0 Å². The van der Waals surface area contributed by atoms with Gasteiger partial charge in [0, 0.05) is 12.8 Å². The van der Waals surface area contributed by atoms with E-state index in [1.165, 1.54) is 96.3 Å². The lowest BCUT2D eigenvalue weighted by Gasteiger charge is -2.27. The molecule has 0 fully saturated rings. The van der Waals surface area contributed by atoms with E-state index < -0.39 is 20.0 Å². The zero-order valence-corrected chi connectivity index (χ0v) is 49.9. The van der Waals surface area contributed by atoms with Crippen molar-refractivity contribution in [2.24, 2.45) is 0 Å². The molecule has 0 aliphatic carbocycles. The van der Waals surface area contributed by atoms with Crippen LogP contribution in [0.1, 0.15) is 239 Å². The Kier molecular flexibility index (Phi) is 51.6. The van der Waals surface area contributed by atoms with Gasteiger partial charge in [-0.15, -0.1) is 0 Å². The van der Waals surface area contributed by atoms with Gasteiger partial charge < -0.3 is 19.4 Å². The number of unbranched alkanes of at least 4 members (excludes halogenated alkanes) is 21. The summed E-state index contributed by atoms with van der Waals surface area (Å²) < 4.78 is 30.6. The Morgan fingerprint density at radius 2 is 0.813 bits per heavy atom. The molecular weight excluding hydrogens is 952 g/mol. The van der Waals surface area contributed by atoms with E-state index in [1.807, 2.05) is 33.3 Å². The van der Waals surface area contributed by atoms with Crippen molar-refractivity contribution >= 4 is 19.7 Å². The second-order valence-electron chi connectivity index (χ2n) is 21.2. The zero-order valence-electron chi connectivity index (χ0n) is 49.0. The van der Waals surface area contributed by atoms with Crippen molar-refractivity contribution in [1.29, 1.82) is 0 Å². The molecule has 9 nitrogen and oxygen atoms in total. The van der Waals surface area contributed by atoms with Gasteiger partial charge >= 0.3 is 13.8 Å². The van der Waals surface area contributed by atoms with Gasteiger partial charge in [0.1, 0.15) is 19.3 Å². The van der Waals surface area contributed by atoms with Crippen molar-refractivity contribution in [3.05, 3.63) is 109 Å². The van der Waals surface area contributed by atoms with Crippen molar-refractivity contribution < 1.29 is 37.3 Å². The van der Waals surface area contributed by atoms with Gasteiger partial charge in [-0.3, -0.25) is 18.6 Å². The molecule has 0 aromatic rings. The number of carbonyl (C=O) groups excluding carboxylic acids is 2. The number of esters is 1. The second-order valence-corrected chi connectivity index (χ2v) is 22.6. The molecule has 0 aromatic carbocycles. The predicted molar refractivity (Wildman–Crippen MR) is 323 cm³/mol. The van der Waals surface area contributed by atoms with E-state index in [2.05, 4.69) is 123 Å². The Morgan fingerprint density at radius 1 is 0.467 bits per heavy atom. The minimum Gasteiger partial charge on any atom is -0.456 e. The van der Waals surface area contributed by atoms with Crippen LogP contribution in [0.3, 0.4) is 0 Å². The van der Waals surface area contributed by atoms with E-state index in [0.29, 0.717) is 23.9 Å². The van der Waals surface area contributed by atoms with Crippen LogP contribution in [0, 0.1) is 0 Å². The summed E-state index contributed by atoms with van der Waals surface area (Å²) in [6, 6.07) is -0.885. The maximum Gasteiger partial charge on any atom is 0.472 e. The fourth-order valence-corrected chi connectivity index (χ4v) is 8.70. The fraction of sp³-hybridized carbons (Fsp3) is 0.692. The number of nitrogens with zero attached hydrogens (tertiary/aromatic N) is 1. The molecule has 0 radical (unpaired) electrons. The summed E-state index contributed by atoms with van der Waals surface area (Å²) in [5.41, 5.74) is 0. The standard InChI is InChI=1S/C65H113N2O7P/c1-7-10-13-16-19-22-25-27-29-31-33-35-37-39-42-45-48-51-54-57-64(68)66-62(61-73-75(70,71)72-60-59-67(4,5)6)63(56-53-50-47-44-41-24-21-18-15-12-9-3)74-65(69)58-55-52-49-46-43-40-38-36-34-32-30-28-26-23-20-17-14-11-8-2/h19-20,22-23,27-30,33-36,39-40,42-43,53,56,62-63H,7-18,21,24-26,31-32,37-38,41,44-52,54-55,57-61H2,1-6H3,(H-,66,68,70,71)/p+1/b22-19-,23-20-,29-27-,30-28-,35-33-,36-34-,42-39-,43-40-,56-53+. The van der Waals surface area contributed by atoms with Crippen LogP contribution >= 0.6 is 7.82 Å². The van der Waals surface area contributed by atoms with E-state index in [-0.39, 0.29) is 37.9 Å². The third-order valence-electron chi connectivity index (χ3n) is 12.7. The Balaban J connectivity index is 5.40. The van der Waals surface area contributed by atoms with Crippen molar-refractivity contribution in [3.8, 4) is 0 Å². The van der Waals surface area contributed by atoms with Crippen molar-refractivity contribution in [1.82, 2.24) is 5.32 Å². The largest absolute Gasteiger partial charge is 0.472 e. The van der Waals surface area contributed by atoms with Gasteiger partial charge in [-0.25, -0.2) is 4.57 Å². The number of phosphoric acid groups is 1. The summed E-state index contributed by atoms with van der Waals surface area (Å²) in [4.78, 5) is 37.6. The van der Waals surface area contributed by atoms with Crippen LogP contribution < -0.4 is 5.32 Å². The van der Waals surface area contributed by atoms with E-state index in [9.17, 15) is 19.0 Å². The molecule has 1 amide bonds. The highest BCUT2D eigenvalue weighted by Crippen LogP contribution is 2.43. The Bertz CT molecular complexity index is 1650. The number of amides is 1. The molecule has 3 atom stereocenters. The predicted octanol–water partition coefficient (Wildman–Crippen LogP) is 18.6. The number of hydrogen-bond acceptors (Lipinski definition) is 6. The molecule has 0 heterocycles. The summed E-state index contributed by atoms with van der Waals surface area (Å²) >= 11 is 0. The van der Waals surface area contributed by atoms with E-state index in [1.54, 1.807) is 0 Å². The van der Waals surface area contributed by atoms with Gasteiger partial charge in [0.05, 0.1) is 33.8 Å². The number of nitrogens with one attached hydrogen (secondary N) is 1. The second kappa shape index (κ2) is 54.0. The van der Waals surface area contributed by atoms with E-state index >= 15 is 0 Å². The third-order valence-corrected chi connectivity index (χ3v) is 13.7. The number of quaternary nitrogens is 1. The lowest BCUT2D eigenvalue weighted by atomic mass is 10.1. The highest BCUT2D eigenvalue weighted by atomic mass is 31.2. The van der Waals surface area contributed by atoms with Crippen LogP contribution in [0.5, 0.6) is 0 Å². The molecule has 0 spiro atoms. The quantitative estimate of drug-likeness (QED) is 0.0205. The third kappa shape index (κ3) is 55.2. The van der Waals surface area contributed by atoms with Gasteiger partial charge in [-0.1, -0.05) is 214 Å². The molecule has 0 saturated heterocycles. The monoisotopic (exact) mass is 1070 g/mol. The average molecular weight is 1070 g/mol. The molecule has 0 bridgehead atoms. The maximum atomic E-state index is 13.5. The van der Waals surface area contributed by atoms with Crippen LogP contribution in [0.2, 0.25) is 0 Å². The molecule has 75 heavy (non-hydrogen) atoms. The van der Waals surface area contributed by atoms with Crippen LogP contribution in [-0.4, -0.2) is 74.3 Å². The van der Waals surface area contributed by atoms with Crippen molar-refractivity contribution in [3.63, 3.8) is 0 Å². The maximum absolute atomic E-state index is 13.5. The lowest BCUT2D eigenvalue weighted by molar-refractivity contribution is -0.870. The van der Waals surface area contributed by atoms with Gasteiger partial charge in [0.15, 0.2) is 0 Å². The summed E-state index contributed by atoms with van der Waals surface area (Å²) in [5, 5.41) is 3.02. The Labute approximate surface area is 461 Å².